The van der Waals surface area contributed by atoms with Gasteiger partial charge < -0.3 is 5.32 Å². The minimum Gasteiger partial charge on any atom is -0.314 e. The van der Waals surface area contributed by atoms with Crippen molar-refractivity contribution in [1.82, 2.24) is 14.8 Å². The molecule has 0 radical (unpaired) electrons. The Kier molecular flexibility index (Phi) is 6.99. The molecule has 1 saturated heterocycles. The first-order valence-electron chi connectivity index (χ1n) is 7.04. The van der Waals surface area contributed by atoms with E-state index >= 15 is 0 Å². The maximum Gasteiger partial charge on any atom is 0.240 e. The molecule has 1 aromatic carbocycles. The molecule has 2 unspecified atom stereocenters. The molecular formula is C13H22ClN3O4S2. The number of hydrogen-bond donors (Lipinski definition) is 3. The zero-order valence-electron chi connectivity index (χ0n) is 12.9. The fourth-order valence-corrected chi connectivity index (χ4v) is 4.46. The predicted octanol–water partition coefficient (Wildman–Crippen LogP) is 0.435. The maximum atomic E-state index is 12.3. The molecule has 132 valence electrons. The Hall–Kier alpha value is -0.710. The van der Waals surface area contributed by atoms with Crippen molar-refractivity contribution in [3.05, 3.63) is 24.3 Å². The SMILES string of the molecule is CNS(=O)(=O)c1ccc(S(=O)(=O)NC2CCNC(C)C2)cc1.Cl. The molecule has 1 fully saturated rings. The summed E-state index contributed by atoms with van der Waals surface area (Å²) in [6, 6.07) is 5.33. The smallest absolute Gasteiger partial charge is 0.240 e. The Balaban J connectivity index is 0.00000264. The van der Waals surface area contributed by atoms with Gasteiger partial charge in [0, 0.05) is 12.1 Å². The molecule has 3 N–H and O–H groups in total. The van der Waals surface area contributed by atoms with E-state index in [4.69, 9.17) is 0 Å². The molecular weight excluding hydrogens is 362 g/mol. The number of benzene rings is 1. The summed E-state index contributed by atoms with van der Waals surface area (Å²) in [5.41, 5.74) is 0. The van der Waals surface area contributed by atoms with Crippen LogP contribution < -0.4 is 14.8 Å². The first kappa shape index (κ1) is 20.3. The summed E-state index contributed by atoms with van der Waals surface area (Å²) >= 11 is 0. The van der Waals surface area contributed by atoms with Gasteiger partial charge in [-0.05, 0) is 57.6 Å². The summed E-state index contributed by atoms with van der Waals surface area (Å²) in [5, 5.41) is 3.26. The third-order valence-electron chi connectivity index (χ3n) is 3.66. The standard InChI is InChI=1S/C13H21N3O4S2.ClH/c1-10-9-11(7-8-15-10)16-22(19,20)13-5-3-12(4-6-13)21(17,18)14-2;/h3-6,10-11,14-16H,7-9H2,1-2H3;1H. The van der Waals surface area contributed by atoms with Crippen LogP contribution in [0, 0.1) is 0 Å². The Morgan fingerprint density at radius 2 is 1.57 bits per heavy atom. The largest absolute Gasteiger partial charge is 0.314 e. The second kappa shape index (κ2) is 7.91. The summed E-state index contributed by atoms with van der Waals surface area (Å²) in [5.74, 6) is 0. The number of hydrogen-bond acceptors (Lipinski definition) is 5. The topological polar surface area (TPSA) is 104 Å². The molecule has 1 heterocycles. The normalized spacial score (nSPS) is 22.3. The number of nitrogens with one attached hydrogen (secondary N) is 3. The Morgan fingerprint density at radius 3 is 2.04 bits per heavy atom. The van der Waals surface area contributed by atoms with Crippen molar-refractivity contribution >= 4 is 32.5 Å². The second-order valence-corrected chi connectivity index (χ2v) is 8.98. The summed E-state index contributed by atoms with van der Waals surface area (Å²) < 4.78 is 52.8. The number of piperidine rings is 1. The van der Waals surface area contributed by atoms with Gasteiger partial charge in [-0.3, -0.25) is 0 Å². The van der Waals surface area contributed by atoms with Crippen LogP contribution >= 0.6 is 12.4 Å². The quantitative estimate of drug-likeness (QED) is 0.684. The highest BCUT2D eigenvalue weighted by molar-refractivity contribution is 7.90. The average molecular weight is 384 g/mol. The molecule has 0 bridgehead atoms. The lowest BCUT2D eigenvalue weighted by Crippen LogP contribution is -2.46. The predicted molar refractivity (Wildman–Crippen MR) is 90.7 cm³/mol. The Morgan fingerprint density at radius 1 is 1.04 bits per heavy atom. The van der Waals surface area contributed by atoms with Gasteiger partial charge in [0.2, 0.25) is 20.0 Å². The molecule has 23 heavy (non-hydrogen) atoms. The Bertz CT molecular complexity index is 720. The van der Waals surface area contributed by atoms with Crippen molar-refractivity contribution in [3.8, 4) is 0 Å². The minimum atomic E-state index is -3.65. The van der Waals surface area contributed by atoms with Crippen molar-refractivity contribution < 1.29 is 16.8 Å². The van der Waals surface area contributed by atoms with E-state index in [2.05, 4.69) is 14.8 Å². The first-order valence-corrected chi connectivity index (χ1v) is 10.0. The molecule has 7 nitrogen and oxygen atoms in total. The van der Waals surface area contributed by atoms with Gasteiger partial charge in [0.05, 0.1) is 9.79 Å². The van der Waals surface area contributed by atoms with E-state index in [1.54, 1.807) is 0 Å². The minimum absolute atomic E-state index is 0. The van der Waals surface area contributed by atoms with Crippen LogP contribution in [-0.2, 0) is 20.0 Å². The van der Waals surface area contributed by atoms with Crippen LogP contribution in [0.2, 0.25) is 0 Å². The van der Waals surface area contributed by atoms with E-state index in [1.165, 1.54) is 31.3 Å². The highest BCUT2D eigenvalue weighted by Crippen LogP contribution is 2.16. The average Bonchev–Trinajstić information content (AvgIpc) is 2.47. The molecule has 2 atom stereocenters. The first-order chi connectivity index (χ1) is 10.2. The van der Waals surface area contributed by atoms with Crippen molar-refractivity contribution in [2.45, 2.75) is 41.6 Å². The van der Waals surface area contributed by atoms with Gasteiger partial charge in [-0.1, -0.05) is 0 Å². The summed E-state index contributed by atoms with van der Waals surface area (Å²) in [6.45, 7) is 2.78. The van der Waals surface area contributed by atoms with Gasteiger partial charge in [0.1, 0.15) is 0 Å². The molecule has 0 aliphatic carbocycles. The van der Waals surface area contributed by atoms with E-state index in [0.717, 1.165) is 19.4 Å². The molecule has 1 aliphatic heterocycles. The molecule has 1 aliphatic rings. The van der Waals surface area contributed by atoms with Gasteiger partial charge in [0.25, 0.3) is 0 Å². The van der Waals surface area contributed by atoms with E-state index in [9.17, 15) is 16.8 Å². The van der Waals surface area contributed by atoms with Gasteiger partial charge in [-0.25, -0.2) is 26.3 Å². The van der Waals surface area contributed by atoms with Crippen LogP contribution in [0.4, 0.5) is 0 Å². The fourth-order valence-electron chi connectivity index (χ4n) is 2.44. The molecule has 2 rings (SSSR count). The number of sulfonamides is 2. The van der Waals surface area contributed by atoms with Crippen molar-refractivity contribution in [2.24, 2.45) is 0 Å². The van der Waals surface area contributed by atoms with Gasteiger partial charge in [-0.15, -0.1) is 12.4 Å². The summed E-state index contributed by atoms with van der Waals surface area (Å²) in [7, 11) is -5.91. The van der Waals surface area contributed by atoms with Crippen LogP contribution in [0.1, 0.15) is 19.8 Å². The lowest BCUT2D eigenvalue weighted by atomic mass is 10.0. The van der Waals surface area contributed by atoms with Gasteiger partial charge >= 0.3 is 0 Å². The molecule has 1 aromatic rings. The lowest BCUT2D eigenvalue weighted by molar-refractivity contribution is 0.361. The lowest BCUT2D eigenvalue weighted by Gasteiger charge is -2.28. The van der Waals surface area contributed by atoms with Gasteiger partial charge in [0.15, 0.2) is 0 Å². The van der Waals surface area contributed by atoms with E-state index in [-0.39, 0.29) is 34.3 Å². The molecule has 0 aromatic heterocycles. The van der Waals surface area contributed by atoms with Crippen molar-refractivity contribution in [3.63, 3.8) is 0 Å². The third kappa shape index (κ3) is 5.13. The van der Waals surface area contributed by atoms with Gasteiger partial charge in [-0.2, -0.15) is 0 Å². The van der Waals surface area contributed by atoms with Crippen LogP contribution in [0.25, 0.3) is 0 Å². The molecule has 0 spiro atoms. The molecule has 0 saturated carbocycles. The summed E-state index contributed by atoms with van der Waals surface area (Å²) in [4.78, 5) is 0.0955. The zero-order valence-corrected chi connectivity index (χ0v) is 15.4. The van der Waals surface area contributed by atoms with Crippen LogP contribution in [0.5, 0.6) is 0 Å². The van der Waals surface area contributed by atoms with E-state index in [1.807, 2.05) is 6.92 Å². The molecule has 0 amide bonds. The third-order valence-corrected chi connectivity index (χ3v) is 6.63. The van der Waals surface area contributed by atoms with Crippen LogP contribution in [0.15, 0.2) is 34.1 Å². The van der Waals surface area contributed by atoms with Crippen molar-refractivity contribution in [2.75, 3.05) is 13.6 Å². The monoisotopic (exact) mass is 383 g/mol. The Labute approximate surface area is 143 Å². The zero-order chi connectivity index (χ0) is 16.4. The summed E-state index contributed by atoms with van der Waals surface area (Å²) in [6.07, 6.45) is 1.46. The van der Waals surface area contributed by atoms with Crippen LogP contribution in [0.3, 0.4) is 0 Å². The van der Waals surface area contributed by atoms with Crippen LogP contribution in [-0.4, -0.2) is 42.5 Å². The van der Waals surface area contributed by atoms with E-state index in [0.29, 0.717) is 0 Å². The maximum absolute atomic E-state index is 12.3. The van der Waals surface area contributed by atoms with E-state index < -0.39 is 20.0 Å². The fraction of sp³-hybridized carbons (Fsp3) is 0.538. The van der Waals surface area contributed by atoms with Crippen molar-refractivity contribution in [1.29, 1.82) is 0 Å². The number of rotatable bonds is 5. The molecule has 10 heteroatoms. The second-order valence-electron chi connectivity index (χ2n) is 5.38. The highest BCUT2D eigenvalue weighted by atomic mass is 35.5. The highest BCUT2D eigenvalue weighted by Gasteiger charge is 2.24. The number of halogens is 1.